The molecule has 0 bridgehead atoms. The molecule has 164 valence electrons. The van der Waals surface area contributed by atoms with Crippen LogP contribution < -0.4 is 5.32 Å². The molecule has 0 fully saturated rings. The van der Waals surface area contributed by atoms with E-state index in [1.54, 1.807) is 13.8 Å². The van der Waals surface area contributed by atoms with Crippen molar-refractivity contribution in [3.8, 4) is 0 Å². The second-order valence-corrected chi connectivity index (χ2v) is 7.15. The van der Waals surface area contributed by atoms with E-state index in [9.17, 15) is 27.2 Å². The number of ether oxygens (including phenoxy) is 2. The molecule has 1 atom stereocenters. The van der Waals surface area contributed by atoms with E-state index in [0.717, 1.165) is 19.2 Å². The minimum absolute atomic E-state index is 0.124. The Labute approximate surface area is 175 Å². The van der Waals surface area contributed by atoms with Crippen molar-refractivity contribution in [1.29, 1.82) is 0 Å². The van der Waals surface area contributed by atoms with Gasteiger partial charge in [-0.3, -0.25) is 0 Å². The molecular weight excluding hydrogens is 430 g/mol. The summed E-state index contributed by atoms with van der Waals surface area (Å²) in [4.78, 5) is 25.3. The molecule has 1 unspecified atom stereocenters. The molecule has 2 rings (SSSR count). The van der Waals surface area contributed by atoms with Gasteiger partial charge >= 0.3 is 18.1 Å². The number of dihydropyridines is 1. The van der Waals surface area contributed by atoms with Crippen molar-refractivity contribution >= 4 is 23.5 Å². The number of rotatable bonds is 5. The normalized spacial score (nSPS) is 17.2. The standard InChI is InChI=1S/C20H20ClF4NO4/c1-9(2)30-19(28)14-10(3)26-13(8-22)16(18(27)29-4)15(14)11-6-5-7-12(17(11)21)20(23,24)25/h5-7,9,15,26H,8H2,1-4H3. The lowest BCUT2D eigenvalue weighted by Gasteiger charge is -2.31. The summed E-state index contributed by atoms with van der Waals surface area (Å²) in [7, 11) is 1.03. The van der Waals surface area contributed by atoms with E-state index in [1.165, 1.54) is 13.0 Å². The lowest BCUT2D eigenvalue weighted by molar-refractivity contribution is -0.143. The molecule has 1 aromatic carbocycles. The van der Waals surface area contributed by atoms with Crippen LogP contribution >= 0.6 is 11.6 Å². The van der Waals surface area contributed by atoms with Gasteiger partial charge in [0.2, 0.25) is 0 Å². The Balaban J connectivity index is 2.84. The Kier molecular flexibility index (Phi) is 7.18. The Hall–Kier alpha value is -2.55. The van der Waals surface area contributed by atoms with Gasteiger partial charge in [0.15, 0.2) is 0 Å². The molecule has 0 radical (unpaired) electrons. The van der Waals surface area contributed by atoms with Crippen molar-refractivity contribution < 1.29 is 36.6 Å². The number of carbonyl (C=O) groups excluding carboxylic acids is 2. The van der Waals surface area contributed by atoms with E-state index in [0.29, 0.717) is 0 Å². The third kappa shape index (κ3) is 4.61. The number of methoxy groups -OCH3 is 1. The van der Waals surface area contributed by atoms with Crippen LogP contribution in [0.5, 0.6) is 0 Å². The first-order valence-corrected chi connectivity index (χ1v) is 9.23. The van der Waals surface area contributed by atoms with Crippen molar-refractivity contribution in [2.45, 2.75) is 39.0 Å². The van der Waals surface area contributed by atoms with Gasteiger partial charge in [-0.15, -0.1) is 0 Å². The summed E-state index contributed by atoms with van der Waals surface area (Å²) in [6, 6.07) is 3.10. The highest BCUT2D eigenvalue weighted by Gasteiger charge is 2.42. The van der Waals surface area contributed by atoms with Crippen LogP contribution in [0.4, 0.5) is 17.6 Å². The van der Waals surface area contributed by atoms with Crippen LogP contribution in [0.25, 0.3) is 0 Å². The molecule has 1 aliphatic heterocycles. The van der Waals surface area contributed by atoms with Crippen molar-refractivity contribution in [3.05, 3.63) is 56.9 Å². The molecule has 0 aromatic heterocycles. The number of halogens is 5. The van der Waals surface area contributed by atoms with Crippen LogP contribution in [0.2, 0.25) is 5.02 Å². The fourth-order valence-electron chi connectivity index (χ4n) is 3.20. The predicted octanol–water partition coefficient (Wildman–Crippen LogP) is 4.67. The summed E-state index contributed by atoms with van der Waals surface area (Å²) in [6.45, 7) is 3.44. The zero-order chi connectivity index (χ0) is 22.8. The molecule has 1 aromatic rings. The fourth-order valence-corrected chi connectivity index (χ4v) is 3.55. The minimum Gasteiger partial charge on any atom is -0.466 e. The van der Waals surface area contributed by atoms with Crippen LogP contribution in [0, 0.1) is 0 Å². The Bertz CT molecular complexity index is 922. The first-order chi connectivity index (χ1) is 13.9. The topological polar surface area (TPSA) is 64.6 Å². The number of nitrogens with one attached hydrogen (secondary N) is 1. The number of carbonyl (C=O) groups is 2. The van der Waals surface area contributed by atoms with Crippen LogP contribution in [0.1, 0.15) is 37.8 Å². The first-order valence-electron chi connectivity index (χ1n) is 8.85. The SMILES string of the molecule is COC(=O)C1=C(CF)NC(C)=C(C(=O)OC(C)C)C1c1cccc(C(F)(F)F)c1Cl. The molecule has 1 N–H and O–H groups in total. The molecule has 1 aliphatic rings. The summed E-state index contributed by atoms with van der Waals surface area (Å²) in [5, 5.41) is 1.91. The van der Waals surface area contributed by atoms with Crippen molar-refractivity contribution in [1.82, 2.24) is 5.32 Å². The summed E-state index contributed by atoms with van der Waals surface area (Å²) in [5.41, 5.74) is -1.99. The Morgan fingerprint density at radius 1 is 1.20 bits per heavy atom. The van der Waals surface area contributed by atoms with Gasteiger partial charge in [0.05, 0.1) is 46.6 Å². The van der Waals surface area contributed by atoms with Crippen LogP contribution in [-0.2, 0) is 25.2 Å². The first kappa shape index (κ1) is 23.7. The van der Waals surface area contributed by atoms with Crippen LogP contribution in [-0.4, -0.2) is 31.8 Å². The second kappa shape index (κ2) is 9.07. The molecule has 30 heavy (non-hydrogen) atoms. The highest BCUT2D eigenvalue weighted by atomic mass is 35.5. The van der Waals surface area contributed by atoms with E-state index in [-0.39, 0.29) is 28.1 Å². The van der Waals surface area contributed by atoms with E-state index in [2.05, 4.69) is 5.32 Å². The smallest absolute Gasteiger partial charge is 0.417 e. The predicted molar refractivity (Wildman–Crippen MR) is 101 cm³/mol. The maximum Gasteiger partial charge on any atom is 0.417 e. The number of alkyl halides is 4. The molecule has 0 saturated carbocycles. The van der Waals surface area contributed by atoms with Gasteiger partial charge in [0, 0.05) is 5.70 Å². The van der Waals surface area contributed by atoms with Gasteiger partial charge in [0.25, 0.3) is 0 Å². The molecule has 0 spiro atoms. The monoisotopic (exact) mass is 449 g/mol. The van der Waals surface area contributed by atoms with Crippen molar-refractivity contribution in [3.63, 3.8) is 0 Å². The quantitative estimate of drug-likeness (QED) is 0.523. The molecule has 0 amide bonds. The average Bonchev–Trinajstić information content (AvgIpc) is 2.65. The number of esters is 2. The van der Waals surface area contributed by atoms with Gasteiger partial charge in [-0.05, 0) is 32.4 Å². The zero-order valence-electron chi connectivity index (χ0n) is 16.6. The summed E-state index contributed by atoms with van der Waals surface area (Å²) in [5.74, 6) is -3.32. The summed E-state index contributed by atoms with van der Waals surface area (Å²) >= 11 is 6.07. The van der Waals surface area contributed by atoms with Crippen molar-refractivity contribution in [2.75, 3.05) is 13.8 Å². The van der Waals surface area contributed by atoms with E-state index in [1.807, 2.05) is 0 Å². The summed E-state index contributed by atoms with van der Waals surface area (Å²) in [6.07, 6.45) is -5.33. The van der Waals surface area contributed by atoms with Crippen LogP contribution in [0.15, 0.2) is 40.7 Å². The van der Waals surface area contributed by atoms with Gasteiger partial charge < -0.3 is 14.8 Å². The highest BCUT2D eigenvalue weighted by Crippen LogP contribution is 2.45. The molecule has 0 saturated heterocycles. The maximum atomic E-state index is 13.7. The minimum atomic E-state index is -4.78. The molecule has 5 nitrogen and oxygen atoms in total. The number of allylic oxidation sites excluding steroid dienone is 2. The largest absolute Gasteiger partial charge is 0.466 e. The third-order valence-corrected chi connectivity index (χ3v) is 4.81. The van der Waals surface area contributed by atoms with Gasteiger partial charge in [-0.2, -0.15) is 13.2 Å². The maximum absolute atomic E-state index is 13.7. The fraction of sp³-hybridized carbons (Fsp3) is 0.400. The van der Waals surface area contributed by atoms with E-state index in [4.69, 9.17) is 21.1 Å². The molecule has 0 aliphatic carbocycles. The Morgan fingerprint density at radius 3 is 2.33 bits per heavy atom. The van der Waals surface area contributed by atoms with Gasteiger partial charge in [0.1, 0.15) is 6.67 Å². The molecular formula is C20H20ClF4NO4. The van der Waals surface area contributed by atoms with Crippen LogP contribution in [0.3, 0.4) is 0 Å². The van der Waals surface area contributed by atoms with E-state index >= 15 is 0 Å². The Morgan fingerprint density at radius 2 is 1.83 bits per heavy atom. The lowest BCUT2D eigenvalue weighted by atomic mass is 9.79. The summed E-state index contributed by atoms with van der Waals surface area (Å²) < 4.78 is 63.8. The molecule has 1 heterocycles. The number of hydrogen-bond acceptors (Lipinski definition) is 5. The highest BCUT2D eigenvalue weighted by molar-refractivity contribution is 6.32. The zero-order valence-corrected chi connectivity index (χ0v) is 17.4. The number of benzene rings is 1. The molecule has 10 heteroatoms. The second-order valence-electron chi connectivity index (χ2n) is 6.77. The third-order valence-electron chi connectivity index (χ3n) is 4.39. The average molecular weight is 450 g/mol. The van der Waals surface area contributed by atoms with Crippen molar-refractivity contribution in [2.24, 2.45) is 0 Å². The van der Waals surface area contributed by atoms with E-state index < -0.39 is 47.4 Å². The number of hydrogen-bond donors (Lipinski definition) is 1. The lowest BCUT2D eigenvalue weighted by Crippen LogP contribution is -2.34. The van der Waals surface area contributed by atoms with Gasteiger partial charge in [-0.25, -0.2) is 14.0 Å². The van der Waals surface area contributed by atoms with Gasteiger partial charge in [-0.1, -0.05) is 23.7 Å².